The summed E-state index contributed by atoms with van der Waals surface area (Å²) in [5.74, 6) is 0.0178. The van der Waals surface area contributed by atoms with Gasteiger partial charge in [-0.15, -0.1) is 0 Å². The van der Waals surface area contributed by atoms with E-state index >= 15 is 0 Å². The van der Waals surface area contributed by atoms with Crippen molar-refractivity contribution in [3.05, 3.63) is 36.6 Å². The fourth-order valence-electron chi connectivity index (χ4n) is 3.26. The summed E-state index contributed by atoms with van der Waals surface area (Å²) >= 11 is 0. The normalized spacial score (nSPS) is 27.4. The lowest BCUT2D eigenvalue weighted by molar-refractivity contribution is -0.126. The zero-order valence-corrected chi connectivity index (χ0v) is 14.5. The molecule has 3 rings (SSSR count). The fourth-order valence-corrected chi connectivity index (χ4v) is 3.26. The predicted octanol–water partition coefficient (Wildman–Crippen LogP) is 1.76. The van der Waals surface area contributed by atoms with Crippen molar-refractivity contribution in [3.63, 3.8) is 0 Å². The highest BCUT2D eigenvalue weighted by Gasteiger charge is 2.36. The third-order valence-electron chi connectivity index (χ3n) is 4.42. The number of carbonyl (C=O) groups excluding carboxylic acids is 2. The maximum absolute atomic E-state index is 12.2. The summed E-state index contributed by atoms with van der Waals surface area (Å²) in [6.07, 6.45) is 11.1. The van der Waals surface area contributed by atoms with Crippen LogP contribution in [0.4, 0.5) is 4.79 Å². The van der Waals surface area contributed by atoms with Crippen molar-refractivity contribution < 1.29 is 14.3 Å². The quantitative estimate of drug-likeness (QED) is 0.735. The van der Waals surface area contributed by atoms with Crippen LogP contribution in [0.3, 0.4) is 0 Å². The lowest BCUT2D eigenvalue weighted by Gasteiger charge is -2.44. The van der Waals surface area contributed by atoms with Gasteiger partial charge >= 0.3 is 6.09 Å². The van der Waals surface area contributed by atoms with Crippen LogP contribution in [-0.2, 0) is 9.53 Å². The molecular weight excluding hydrogens is 306 g/mol. The first-order valence-electron chi connectivity index (χ1n) is 8.43. The summed E-state index contributed by atoms with van der Waals surface area (Å²) in [6.45, 7) is 8.45. The number of hydrogen-bond acceptors (Lipinski definition) is 4. The van der Waals surface area contributed by atoms with E-state index in [2.05, 4.69) is 11.0 Å². The van der Waals surface area contributed by atoms with Gasteiger partial charge in [-0.25, -0.2) is 4.79 Å². The van der Waals surface area contributed by atoms with Crippen LogP contribution >= 0.6 is 0 Å². The van der Waals surface area contributed by atoms with Gasteiger partial charge < -0.3 is 14.5 Å². The molecule has 0 spiro atoms. The summed E-state index contributed by atoms with van der Waals surface area (Å²) in [5.41, 5.74) is -0.472. The summed E-state index contributed by atoms with van der Waals surface area (Å²) in [7, 11) is 0. The number of allylic oxidation sites excluding steroid dienone is 2. The Balaban J connectivity index is 1.61. The maximum Gasteiger partial charge on any atom is 0.410 e. The van der Waals surface area contributed by atoms with E-state index < -0.39 is 5.60 Å². The minimum Gasteiger partial charge on any atom is -0.444 e. The third kappa shape index (κ3) is 3.53. The zero-order chi connectivity index (χ0) is 17.3. The molecule has 2 amide bonds. The molecule has 130 valence electrons. The second kappa shape index (κ2) is 6.43. The molecule has 0 aromatic heterocycles. The monoisotopic (exact) mass is 331 g/mol. The van der Waals surface area contributed by atoms with Crippen molar-refractivity contribution in [1.29, 1.82) is 0 Å². The van der Waals surface area contributed by atoms with E-state index in [0.717, 1.165) is 13.1 Å². The van der Waals surface area contributed by atoms with E-state index in [-0.39, 0.29) is 24.1 Å². The molecule has 6 heteroatoms. The Morgan fingerprint density at radius 2 is 1.79 bits per heavy atom. The number of carbonyl (C=O) groups is 2. The summed E-state index contributed by atoms with van der Waals surface area (Å²) < 4.78 is 5.44. The number of fused-ring (bicyclic) bond motifs is 1. The van der Waals surface area contributed by atoms with E-state index in [1.165, 1.54) is 0 Å². The molecule has 0 bridgehead atoms. The molecule has 0 N–H and O–H groups in total. The lowest BCUT2D eigenvalue weighted by Crippen LogP contribution is -2.58. The van der Waals surface area contributed by atoms with E-state index in [4.69, 9.17) is 4.74 Å². The number of piperazine rings is 1. The van der Waals surface area contributed by atoms with Gasteiger partial charge in [0.2, 0.25) is 0 Å². The van der Waals surface area contributed by atoms with Crippen molar-refractivity contribution >= 4 is 12.0 Å². The fraction of sp³-hybridized carbons (Fsp3) is 0.556. The highest BCUT2D eigenvalue weighted by Crippen LogP contribution is 2.24. The van der Waals surface area contributed by atoms with Gasteiger partial charge in [-0.3, -0.25) is 9.69 Å². The third-order valence-corrected chi connectivity index (χ3v) is 4.42. The average Bonchev–Trinajstić information content (AvgIpc) is 2.54. The first-order valence-corrected chi connectivity index (χ1v) is 8.43. The molecular formula is C18H25N3O3. The van der Waals surface area contributed by atoms with Gasteiger partial charge in [-0.1, -0.05) is 18.2 Å². The van der Waals surface area contributed by atoms with Gasteiger partial charge in [-0.2, -0.15) is 0 Å². The summed E-state index contributed by atoms with van der Waals surface area (Å²) in [5, 5.41) is 0. The molecule has 0 saturated carbocycles. The molecule has 0 radical (unpaired) electrons. The van der Waals surface area contributed by atoms with Gasteiger partial charge in [0.15, 0.2) is 0 Å². The maximum atomic E-state index is 12.2. The van der Waals surface area contributed by atoms with Crippen molar-refractivity contribution in [2.24, 2.45) is 0 Å². The largest absolute Gasteiger partial charge is 0.444 e. The van der Waals surface area contributed by atoms with Gasteiger partial charge in [0.25, 0.3) is 5.91 Å². The second-order valence-corrected chi connectivity index (χ2v) is 7.32. The molecule has 0 aromatic carbocycles. The Kier molecular flexibility index (Phi) is 4.49. The van der Waals surface area contributed by atoms with Crippen LogP contribution in [0.25, 0.3) is 0 Å². The minimum absolute atomic E-state index is 0.0178. The van der Waals surface area contributed by atoms with Crippen LogP contribution in [0.1, 0.15) is 20.8 Å². The van der Waals surface area contributed by atoms with Gasteiger partial charge in [0, 0.05) is 38.5 Å². The average molecular weight is 331 g/mol. The van der Waals surface area contributed by atoms with Crippen LogP contribution in [0, 0.1) is 0 Å². The molecule has 3 heterocycles. The molecule has 6 nitrogen and oxygen atoms in total. The van der Waals surface area contributed by atoms with Crippen molar-refractivity contribution in [2.45, 2.75) is 38.5 Å². The van der Waals surface area contributed by atoms with E-state index in [1.807, 2.05) is 45.2 Å². The number of hydrogen-bond donors (Lipinski definition) is 0. The van der Waals surface area contributed by atoms with E-state index in [1.54, 1.807) is 15.9 Å². The standard InChI is InChI=1S/C18H25N3O3/c1-18(2,3)24-17(23)20-12-10-19(11-13-20)14-7-8-16(22)21-9-5-4-6-15(14)21/h4-9,14-15H,10-13H2,1-3H3. The van der Waals surface area contributed by atoms with Crippen LogP contribution in [0.2, 0.25) is 0 Å². The Hall–Kier alpha value is -2.08. The molecule has 3 aliphatic heterocycles. The zero-order valence-electron chi connectivity index (χ0n) is 14.5. The van der Waals surface area contributed by atoms with Crippen LogP contribution in [0.15, 0.2) is 36.6 Å². The van der Waals surface area contributed by atoms with Crippen LogP contribution in [-0.4, -0.2) is 70.6 Å². The topological polar surface area (TPSA) is 53.1 Å². The summed E-state index contributed by atoms with van der Waals surface area (Å²) in [6, 6.07) is 0.172. The molecule has 1 saturated heterocycles. The molecule has 0 aliphatic carbocycles. The molecule has 3 aliphatic rings. The number of ether oxygens (including phenoxy) is 1. The highest BCUT2D eigenvalue weighted by molar-refractivity contribution is 5.90. The Morgan fingerprint density at radius 1 is 1.08 bits per heavy atom. The molecule has 0 aromatic rings. The van der Waals surface area contributed by atoms with Crippen molar-refractivity contribution in [2.75, 3.05) is 26.2 Å². The highest BCUT2D eigenvalue weighted by atomic mass is 16.6. The predicted molar refractivity (Wildman–Crippen MR) is 91.2 cm³/mol. The van der Waals surface area contributed by atoms with Crippen LogP contribution in [0.5, 0.6) is 0 Å². The van der Waals surface area contributed by atoms with Gasteiger partial charge in [-0.05, 0) is 26.8 Å². The van der Waals surface area contributed by atoms with Crippen molar-refractivity contribution in [1.82, 2.24) is 14.7 Å². The van der Waals surface area contributed by atoms with Gasteiger partial charge in [0.1, 0.15) is 5.60 Å². The molecule has 2 atom stereocenters. The second-order valence-electron chi connectivity index (χ2n) is 7.32. The number of amides is 2. The SMILES string of the molecule is CC(C)(C)OC(=O)N1CCN(C2C=CC(=O)N3C=CC=CC23)CC1. The Morgan fingerprint density at radius 3 is 2.46 bits per heavy atom. The van der Waals surface area contributed by atoms with E-state index in [0.29, 0.717) is 13.1 Å². The summed E-state index contributed by atoms with van der Waals surface area (Å²) in [4.78, 5) is 30.0. The van der Waals surface area contributed by atoms with Crippen LogP contribution < -0.4 is 0 Å². The first kappa shape index (κ1) is 16.8. The van der Waals surface area contributed by atoms with Crippen molar-refractivity contribution in [3.8, 4) is 0 Å². The first-order chi connectivity index (χ1) is 11.3. The minimum atomic E-state index is -0.472. The Bertz CT molecular complexity index is 595. The van der Waals surface area contributed by atoms with E-state index in [9.17, 15) is 9.59 Å². The smallest absolute Gasteiger partial charge is 0.410 e. The number of nitrogens with zero attached hydrogens (tertiary/aromatic N) is 3. The Labute approximate surface area is 143 Å². The molecule has 2 unspecified atom stereocenters. The lowest BCUT2D eigenvalue weighted by atomic mass is 9.97. The molecule has 1 fully saturated rings. The van der Waals surface area contributed by atoms with Gasteiger partial charge in [0.05, 0.1) is 12.1 Å². The molecule has 24 heavy (non-hydrogen) atoms. The number of rotatable bonds is 1.